The molecule has 2 amide bonds. The van der Waals surface area contributed by atoms with E-state index in [-0.39, 0.29) is 24.6 Å². The number of aromatic nitrogens is 1. The average Bonchev–Trinajstić information content (AvgIpc) is 2.94. The molecule has 23 heavy (non-hydrogen) atoms. The molecular weight excluding hydrogens is 304 g/mol. The highest BCUT2D eigenvalue weighted by Gasteiger charge is 2.35. The number of hydrogen-bond acceptors (Lipinski definition) is 3. The molecule has 1 aromatic heterocycles. The van der Waals surface area contributed by atoms with Crippen LogP contribution in [0.5, 0.6) is 0 Å². The maximum atomic E-state index is 13.2. The van der Waals surface area contributed by atoms with Crippen LogP contribution in [0.15, 0.2) is 42.7 Å². The summed E-state index contributed by atoms with van der Waals surface area (Å²) in [5.74, 6) is -3.17. The van der Waals surface area contributed by atoms with Gasteiger partial charge in [-0.15, -0.1) is 0 Å². The number of pyridine rings is 1. The van der Waals surface area contributed by atoms with Crippen molar-refractivity contribution in [2.45, 2.75) is 6.42 Å². The SMILES string of the molecule is O=C(Nc1ccc(F)c(F)c1)C1CC(=O)N(c2cccnc2)C1. The van der Waals surface area contributed by atoms with Gasteiger partial charge in [0.25, 0.3) is 0 Å². The van der Waals surface area contributed by atoms with E-state index in [0.717, 1.165) is 12.1 Å². The fourth-order valence-corrected chi connectivity index (χ4v) is 2.46. The summed E-state index contributed by atoms with van der Waals surface area (Å²) in [6.07, 6.45) is 3.20. The summed E-state index contributed by atoms with van der Waals surface area (Å²) < 4.78 is 26.0. The molecule has 1 saturated heterocycles. The Hall–Kier alpha value is -2.83. The number of carbonyl (C=O) groups is 2. The van der Waals surface area contributed by atoms with E-state index in [4.69, 9.17) is 0 Å². The van der Waals surface area contributed by atoms with Crippen LogP contribution in [0.3, 0.4) is 0 Å². The Morgan fingerprint density at radius 3 is 2.78 bits per heavy atom. The van der Waals surface area contributed by atoms with Gasteiger partial charge in [-0.25, -0.2) is 8.78 Å². The van der Waals surface area contributed by atoms with Gasteiger partial charge in [-0.3, -0.25) is 14.6 Å². The van der Waals surface area contributed by atoms with Crippen molar-refractivity contribution in [1.82, 2.24) is 4.98 Å². The molecule has 5 nitrogen and oxygen atoms in total. The number of nitrogens with one attached hydrogen (secondary N) is 1. The highest BCUT2D eigenvalue weighted by Crippen LogP contribution is 2.25. The highest BCUT2D eigenvalue weighted by molar-refractivity contribution is 6.03. The number of benzene rings is 1. The summed E-state index contributed by atoms with van der Waals surface area (Å²) in [5, 5.41) is 2.50. The van der Waals surface area contributed by atoms with Crippen LogP contribution < -0.4 is 10.2 Å². The predicted octanol–water partition coefficient (Wildman–Crippen LogP) is 2.35. The van der Waals surface area contributed by atoms with Crippen LogP contribution in [0.25, 0.3) is 0 Å². The minimum absolute atomic E-state index is 0.0599. The molecule has 0 saturated carbocycles. The van der Waals surface area contributed by atoms with Gasteiger partial charge in [0.05, 0.1) is 17.8 Å². The van der Waals surface area contributed by atoms with Crippen molar-refractivity contribution in [1.29, 1.82) is 0 Å². The van der Waals surface area contributed by atoms with Crippen LogP contribution in [0, 0.1) is 17.6 Å². The topological polar surface area (TPSA) is 62.3 Å². The molecule has 1 aliphatic heterocycles. The molecule has 2 heterocycles. The number of amides is 2. The average molecular weight is 317 g/mol. The Morgan fingerprint density at radius 2 is 2.09 bits per heavy atom. The molecule has 0 bridgehead atoms. The lowest BCUT2D eigenvalue weighted by Gasteiger charge is -2.16. The fraction of sp³-hybridized carbons (Fsp3) is 0.188. The number of hydrogen-bond donors (Lipinski definition) is 1. The van der Waals surface area contributed by atoms with E-state index in [9.17, 15) is 18.4 Å². The third kappa shape index (κ3) is 3.18. The molecule has 1 atom stereocenters. The zero-order valence-electron chi connectivity index (χ0n) is 12.0. The second-order valence-corrected chi connectivity index (χ2v) is 5.23. The molecule has 0 aliphatic carbocycles. The van der Waals surface area contributed by atoms with E-state index in [0.29, 0.717) is 5.69 Å². The number of halogens is 2. The van der Waals surface area contributed by atoms with Gasteiger partial charge in [-0.1, -0.05) is 0 Å². The van der Waals surface area contributed by atoms with E-state index >= 15 is 0 Å². The van der Waals surface area contributed by atoms with Crippen molar-refractivity contribution in [3.05, 3.63) is 54.4 Å². The van der Waals surface area contributed by atoms with E-state index in [1.165, 1.54) is 11.0 Å². The monoisotopic (exact) mass is 317 g/mol. The molecule has 1 unspecified atom stereocenters. The molecule has 0 radical (unpaired) electrons. The molecule has 0 spiro atoms. The molecule has 3 rings (SSSR count). The molecule has 1 N–H and O–H groups in total. The van der Waals surface area contributed by atoms with Gasteiger partial charge in [0.2, 0.25) is 11.8 Å². The van der Waals surface area contributed by atoms with Gasteiger partial charge in [0.15, 0.2) is 11.6 Å². The summed E-state index contributed by atoms with van der Waals surface area (Å²) >= 11 is 0. The normalized spacial score (nSPS) is 17.4. The van der Waals surface area contributed by atoms with Crippen molar-refractivity contribution < 1.29 is 18.4 Å². The Kier molecular flexibility index (Phi) is 4.01. The smallest absolute Gasteiger partial charge is 0.229 e. The largest absolute Gasteiger partial charge is 0.326 e. The van der Waals surface area contributed by atoms with E-state index in [2.05, 4.69) is 10.3 Å². The van der Waals surface area contributed by atoms with Crippen LogP contribution in [0.2, 0.25) is 0 Å². The van der Waals surface area contributed by atoms with Crippen LogP contribution in [-0.4, -0.2) is 23.3 Å². The first-order chi connectivity index (χ1) is 11.0. The molecule has 118 valence electrons. The third-order valence-electron chi connectivity index (χ3n) is 3.64. The summed E-state index contributed by atoms with van der Waals surface area (Å²) in [6, 6.07) is 6.55. The zero-order valence-corrected chi connectivity index (χ0v) is 12.0. The van der Waals surface area contributed by atoms with Gasteiger partial charge < -0.3 is 10.2 Å². The zero-order chi connectivity index (χ0) is 16.4. The Labute approximate surface area is 130 Å². The number of rotatable bonds is 3. The lowest BCUT2D eigenvalue weighted by molar-refractivity contribution is -0.122. The van der Waals surface area contributed by atoms with Crippen molar-refractivity contribution in [2.24, 2.45) is 5.92 Å². The summed E-state index contributed by atoms with van der Waals surface area (Å²) in [5.41, 5.74) is 0.779. The lowest BCUT2D eigenvalue weighted by atomic mass is 10.1. The second kappa shape index (κ2) is 6.12. The third-order valence-corrected chi connectivity index (χ3v) is 3.64. The molecule has 7 heteroatoms. The highest BCUT2D eigenvalue weighted by atomic mass is 19.2. The molecule has 1 aromatic carbocycles. The minimum atomic E-state index is -1.04. The molecule has 1 fully saturated rings. The van der Waals surface area contributed by atoms with Crippen LogP contribution in [-0.2, 0) is 9.59 Å². The minimum Gasteiger partial charge on any atom is -0.326 e. The van der Waals surface area contributed by atoms with E-state index < -0.39 is 23.5 Å². The second-order valence-electron chi connectivity index (χ2n) is 5.23. The fourth-order valence-electron chi connectivity index (χ4n) is 2.46. The van der Waals surface area contributed by atoms with Gasteiger partial charge in [-0.05, 0) is 24.3 Å². The van der Waals surface area contributed by atoms with Crippen molar-refractivity contribution in [3.8, 4) is 0 Å². The summed E-state index contributed by atoms with van der Waals surface area (Å²) in [4.78, 5) is 29.7. The van der Waals surface area contributed by atoms with Crippen LogP contribution >= 0.6 is 0 Å². The molecular formula is C16H13F2N3O2. The van der Waals surface area contributed by atoms with Crippen molar-refractivity contribution >= 4 is 23.2 Å². The summed E-state index contributed by atoms with van der Waals surface area (Å²) in [6.45, 7) is 0.222. The Balaban J connectivity index is 1.69. The first-order valence-corrected chi connectivity index (χ1v) is 7.01. The quantitative estimate of drug-likeness (QED) is 0.945. The van der Waals surface area contributed by atoms with Crippen LogP contribution in [0.4, 0.5) is 20.2 Å². The summed E-state index contributed by atoms with van der Waals surface area (Å²) in [7, 11) is 0. The Morgan fingerprint density at radius 1 is 1.26 bits per heavy atom. The molecule has 2 aromatic rings. The van der Waals surface area contributed by atoms with Gasteiger partial charge in [0, 0.05) is 30.9 Å². The van der Waals surface area contributed by atoms with Gasteiger partial charge >= 0.3 is 0 Å². The first kappa shape index (κ1) is 15.1. The maximum Gasteiger partial charge on any atom is 0.229 e. The number of nitrogens with zero attached hydrogens (tertiary/aromatic N) is 2. The standard InChI is InChI=1S/C16H13F2N3O2/c17-13-4-3-11(7-14(13)18)20-16(23)10-6-15(22)21(9-10)12-2-1-5-19-8-12/h1-5,7-8,10H,6,9H2,(H,20,23). The maximum absolute atomic E-state index is 13.2. The van der Waals surface area contributed by atoms with Crippen molar-refractivity contribution in [3.63, 3.8) is 0 Å². The molecule has 1 aliphatic rings. The van der Waals surface area contributed by atoms with E-state index in [1.807, 2.05) is 0 Å². The number of carbonyl (C=O) groups excluding carboxylic acids is 2. The number of anilines is 2. The van der Waals surface area contributed by atoms with Gasteiger partial charge in [-0.2, -0.15) is 0 Å². The van der Waals surface area contributed by atoms with Gasteiger partial charge in [0.1, 0.15) is 0 Å². The predicted molar refractivity (Wildman–Crippen MR) is 79.7 cm³/mol. The lowest BCUT2D eigenvalue weighted by Crippen LogP contribution is -2.28. The van der Waals surface area contributed by atoms with Crippen LogP contribution in [0.1, 0.15) is 6.42 Å². The Bertz CT molecular complexity index is 752. The van der Waals surface area contributed by atoms with Crippen molar-refractivity contribution in [2.75, 3.05) is 16.8 Å². The van der Waals surface area contributed by atoms with E-state index in [1.54, 1.807) is 24.5 Å². The first-order valence-electron chi connectivity index (χ1n) is 7.01.